The van der Waals surface area contributed by atoms with Crippen molar-refractivity contribution in [3.8, 4) is 0 Å². The van der Waals surface area contributed by atoms with Gasteiger partial charge in [-0.15, -0.1) is 11.3 Å². The molecular formula is C8H4ClNOS. The Morgan fingerprint density at radius 3 is 3.08 bits per heavy atom. The number of thiophene rings is 1. The van der Waals surface area contributed by atoms with E-state index in [4.69, 9.17) is 11.6 Å². The van der Waals surface area contributed by atoms with Gasteiger partial charge in [0.1, 0.15) is 4.83 Å². The van der Waals surface area contributed by atoms with Crippen LogP contribution in [0.1, 0.15) is 9.67 Å². The van der Waals surface area contributed by atoms with Crippen molar-refractivity contribution in [2.75, 3.05) is 0 Å². The van der Waals surface area contributed by atoms with Crippen LogP contribution in [0.15, 0.2) is 24.4 Å². The van der Waals surface area contributed by atoms with Gasteiger partial charge in [-0.05, 0) is 23.7 Å². The van der Waals surface area contributed by atoms with E-state index in [1.807, 2.05) is 12.1 Å². The van der Waals surface area contributed by atoms with Crippen LogP contribution in [-0.4, -0.2) is 10.2 Å². The van der Waals surface area contributed by atoms with Crippen molar-refractivity contribution in [3.05, 3.63) is 29.3 Å². The number of carbonyl (C=O) groups excluding carboxylic acids is 1. The van der Waals surface area contributed by atoms with E-state index < -0.39 is 5.24 Å². The summed E-state index contributed by atoms with van der Waals surface area (Å²) in [6, 6.07) is 5.49. The molecule has 0 saturated heterocycles. The van der Waals surface area contributed by atoms with E-state index in [2.05, 4.69) is 4.98 Å². The first-order valence-corrected chi connectivity index (χ1v) is 4.51. The highest BCUT2D eigenvalue weighted by atomic mass is 35.5. The quantitative estimate of drug-likeness (QED) is 0.658. The monoisotopic (exact) mass is 197 g/mol. The van der Waals surface area contributed by atoms with Gasteiger partial charge in [-0.1, -0.05) is 6.07 Å². The first-order valence-electron chi connectivity index (χ1n) is 3.32. The third-order valence-corrected chi connectivity index (χ3v) is 2.86. The van der Waals surface area contributed by atoms with Gasteiger partial charge in [-0.3, -0.25) is 4.79 Å². The lowest BCUT2D eigenvalue weighted by atomic mass is 10.3. The number of halogens is 1. The number of hydrogen-bond donors (Lipinski definition) is 0. The van der Waals surface area contributed by atoms with Gasteiger partial charge < -0.3 is 0 Å². The minimum absolute atomic E-state index is 0.419. The summed E-state index contributed by atoms with van der Waals surface area (Å²) in [6.07, 6.45) is 1.70. The topological polar surface area (TPSA) is 30.0 Å². The first-order chi connectivity index (χ1) is 5.77. The summed E-state index contributed by atoms with van der Waals surface area (Å²) in [5.41, 5.74) is 0. The van der Waals surface area contributed by atoms with Gasteiger partial charge in [0.2, 0.25) is 0 Å². The van der Waals surface area contributed by atoms with Gasteiger partial charge in [0.05, 0.1) is 4.88 Å². The highest BCUT2D eigenvalue weighted by molar-refractivity contribution is 7.21. The zero-order valence-electron chi connectivity index (χ0n) is 5.95. The number of carbonyl (C=O) groups is 1. The predicted octanol–water partition coefficient (Wildman–Crippen LogP) is 2.68. The molecule has 60 valence electrons. The number of aromatic nitrogens is 1. The second kappa shape index (κ2) is 2.84. The van der Waals surface area contributed by atoms with Crippen LogP contribution in [0.2, 0.25) is 0 Å². The molecule has 0 aliphatic carbocycles. The molecule has 0 saturated carbocycles. The highest BCUT2D eigenvalue weighted by Crippen LogP contribution is 2.24. The van der Waals surface area contributed by atoms with Crippen LogP contribution < -0.4 is 0 Å². The molecule has 2 nitrogen and oxygen atoms in total. The second-order valence-corrected chi connectivity index (χ2v) is 3.66. The fraction of sp³-hybridized carbons (Fsp3) is 0. The lowest BCUT2D eigenvalue weighted by molar-refractivity contribution is 0.108. The Balaban J connectivity index is 2.70. The van der Waals surface area contributed by atoms with Crippen molar-refractivity contribution in [1.82, 2.24) is 4.98 Å². The summed E-state index contributed by atoms with van der Waals surface area (Å²) in [5.74, 6) is 0. The van der Waals surface area contributed by atoms with Crippen molar-refractivity contribution >= 4 is 38.4 Å². The van der Waals surface area contributed by atoms with Crippen LogP contribution in [0, 0.1) is 0 Å². The molecule has 0 N–H and O–H groups in total. The average molecular weight is 198 g/mol. The molecule has 0 aliphatic rings. The molecule has 0 radical (unpaired) electrons. The van der Waals surface area contributed by atoms with Crippen LogP contribution in [0.5, 0.6) is 0 Å². The lowest BCUT2D eigenvalue weighted by Gasteiger charge is -1.81. The maximum Gasteiger partial charge on any atom is 0.262 e. The number of rotatable bonds is 1. The van der Waals surface area contributed by atoms with Gasteiger partial charge >= 0.3 is 0 Å². The summed E-state index contributed by atoms with van der Waals surface area (Å²) < 4.78 is 0. The standard InChI is InChI=1S/C8H4ClNOS/c9-7(11)6-4-5-2-1-3-10-8(5)12-6/h1-4H. The molecule has 12 heavy (non-hydrogen) atoms. The summed E-state index contributed by atoms with van der Waals surface area (Å²) >= 11 is 6.63. The Hall–Kier alpha value is -0.930. The molecule has 2 aromatic rings. The van der Waals surface area contributed by atoms with E-state index in [-0.39, 0.29) is 0 Å². The summed E-state index contributed by atoms with van der Waals surface area (Å²) in [5, 5.41) is 0.546. The normalized spacial score (nSPS) is 10.4. The number of hydrogen-bond acceptors (Lipinski definition) is 3. The Kier molecular flexibility index (Phi) is 1.83. The van der Waals surface area contributed by atoms with Crippen molar-refractivity contribution in [2.24, 2.45) is 0 Å². The lowest BCUT2D eigenvalue weighted by Crippen LogP contribution is -1.78. The summed E-state index contributed by atoms with van der Waals surface area (Å²) in [4.78, 5) is 16.3. The molecule has 0 aromatic carbocycles. The van der Waals surface area contributed by atoms with Gasteiger partial charge in [0, 0.05) is 11.6 Å². The molecule has 0 atom stereocenters. The van der Waals surface area contributed by atoms with Crippen molar-refractivity contribution in [1.29, 1.82) is 0 Å². The number of fused-ring (bicyclic) bond motifs is 1. The second-order valence-electron chi connectivity index (χ2n) is 2.28. The third-order valence-electron chi connectivity index (χ3n) is 1.49. The zero-order chi connectivity index (χ0) is 8.55. The van der Waals surface area contributed by atoms with Gasteiger partial charge in [0.25, 0.3) is 5.24 Å². The molecule has 0 fully saturated rings. The van der Waals surface area contributed by atoms with E-state index in [1.165, 1.54) is 11.3 Å². The highest BCUT2D eigenvalue weighted by Gasteiger charge is 2.06. The maximum atomic E-state index is 10.8. The molecule has 0 aliphatic heterocycles. The number of pyridine rings is 1. The largest absolute Gasteiger partial charge is 0.275 e. The average Bonchev–Trinajstić information content (AvgIpc) is 2.46. The van der Waals surface area contributed by atoms with E-state index in [0.717, 1.165) is 10.2 Å². The SMILES string of the molecule is O=C(Cl)c1cc2cccnc2s1. The fourth-order valence-electron chi connectivity index (χ4n) is 0.970. The predicted molar refractivity (Wildman–Crippen MR) is 49.8 cm³/mol. The molecule has 0 unspecified atom stereocenters. The molecule has 2 aromatic heterocycles. The van der Waals surface area contributed by atoms with Gasteiger partial charge in [0.15, 0.2) is 0 Å². The van der Waals surface area contributed by atoms with Crippen molar-refractivity contribution < 1.29 is 4.79 Å². The van der Waals surface area contributed by atoms with Gasteiger partial charge in [-0.2, -0.15) is 0 Å². The fourth-order valence-corrected chi connectivity index (χ4v) is 1.97. The first kappa shape index (κ1) is 7.71. The van der Waals surface area contributed by atoms with Crippen LogP contribution in [0.25, 0.3) is 10.2 Å². The Bertz CT molecular complexity index is 404. The smallest absolute Gasteiger partial charge is 0.262 e. The summed E-state index contributed by atoms with van der Waals surface area (Å²) in [7, 11) is 0. The van der Waals surface area contributed by atoms with Crippen LogP contribution >= 0.6 is 22.9 Å². The van der Waals surface area contributed by atoms with Gasteiger partial charge in [-0.25, -0.2) is 4.98 Å². The molecule has 2 heterocycles. The molecule has 0 spiro atoms. The van der Waals surface area contributed by atoms with E-state index in [0.29, 0.717) is 4.88 Å². The molecular weight excluding hydrogens is 194 g/mol. The third kappa shape index (κ3) is 1.21. The van der Waals surface area contributed by atoms with Crippen LogP contribution in [0.3, 0.4) is 0 Å². The van der Waals surface area contributed by atoms with Crippen LogP contribution in [-0.2, 0) is 0 Å². The minimum Gasteiger partial charge on any atom is -0.275 e. The Morgan fingerprint density at radius 2 is 2.42 bits per heavy atom. The summed E-state index contributed by atoms with van der Waals surface area (Å²) in [6.45, 7) is 0. The molecule has 0 amide bonds. The van der Waals surface area contributed by atoms with Crippen molar-refractivity contribution in [3.63, 3.8) is 0 Å². The van der Waals surface area contributed by atoms with E-state index >= 15 is 0 Å². The van der Waals surface area contributed by atoms with E-state index in [1.54, 1.807) is 12.3 Å². The van der Waals surface area contributed by atoms with Crippen LogP contribution in [0.4, 0.5) is 0 Å². The maximum absolute atomic E-state index is 10.8. The molecule has 4 heteroatoms. The van der Waals surface area contributed by atoms with Crippen molar-refractivity contribution in [2.45, 2.75) is 0 Å². The molecule has 2 rings (SSSR count). The Morgan fingerprint density at radius 1 is 1.58 bits per heavy atom. The van der Waals surface area contributed by atoms with E-state index in [9.17, 15) is 4.79 Å². The number of nitrogens with zero attached hydrogens (tertiary/aromatic N) is 1. The molecule has 0 bridgehead atoms. The zero-order valence-corrected chi connectivity index (χ0v) is 7.52. The Labute approximate surface area is 77.8 Å². The minimum atomic E-state index is -0.419.